The first kappa shape index (κ1) is 15.7. The maximum Gasteiger partial charge on any atom is 0.0916 e. The van der Waals surface area contributed by atoms with Crippen LogP contribution in [0.25, 0.3) is 0 Å². The van der Waals surface area contributed by atoms with Crippen LogP contribution in [0, 0.1) is 13.8 Å². The molecular formula is C19H25NO. The van der Waals surface area contributed by atoms with Crippen LogP contribution >= 0.6 is 0 Å². The van der Waals surface area contributed by atoms with E-state index >= 15 is 0 Å². The summed E-state index contributed by atoms with van der Waals surface area (Å²) in [6.07, 6.45) is 0.584. The Morgan fingerprint density at radius 3 is 2.24 bits per heavy atom. The highest BCUT2D eigenvalue weighted by molar-refractivity contribution is 5.30. The van der Waals surface area contributed by atoms with Crippen LogP contribution in [-0.4, -0.2) is 30.1 Å². The highest BCUT2D eigenvalue weighted by Crippen LogP contribution is 2.17. The molecule has 0 aliphatic rings. The Kier molecular flexibility index (Phi) is 5.54. The average Bonchev–Trinajstić information content (AvgIpc) is 2.45. The Morgan fingerprint density at radius 2 is 1.62 bits per heavy atom. The summed E-state index contributed by atoms with van der Waals surface area (Å²) in [6.45, 7) is 5.76. The van der Waals surface area contributed by atoms with Gasteiger partial charge in [0, 0.05) is 13.1 Å². The van der Waals surface area contributed by atoms with Crippen molar-refractivity contribution in [3.8, 4) is 0 Å². The molecule has 0 bridgehead atoms. The Bertz CT molecular complexity index is 545. The number of hydrogen-bond acceptors (Lipinski definition) is 2. The molecule has 1 atom stereocenters. The summed E-state index contributed by atoms with van der Waals surface area (Å²) in [7, 11) is 2.06. The topological polar surface area (TPSA) is 23.5 Å². The van der Waals surface area contributed by atoms with E-state index in [9.17, 15) is 5.11 Å². The average molecular weight is 283 g/mol. The summed E-state index contributed by atoms with van der Waals surface area (Å²) >= 11 is 0. The number of rotatable bonds is 6. The van der Waals surface area contributed by atoms with E-state index in [2.05, 4.69) is 68.3 Å². The molecule has 0 aliphatic carbocycles. The minimum absolute atomic E-state index is 0.427. The van der Waals surface area contributed by atoms with Crippen molar-refractivity contribution in [2.45, 2.75) is 26.4 Å². The molecule has 0 heterocycles. The van der Waals surface area contributed by atoms with E-state index in [1.165, 1.54) is 16.7 Å². The largest absolute Gasteiger partial charge is 0.387 e. The van der Waals surface area contributed by atoms with Gasteiger partial charge in [-0.05, 0) is 38.4 Å². The molecule has 0 fully saturated rings. The van der Waals surface area contributed by atoms with Gasteiger partial charge in [-0.25, -0.2) is 0 Å². The van der Waals surface area contributed by atoms with E-state index < -0.39 is 6.10 Å². The highest BCUT2D eigenvalue weighted by atomic mass is 16.3. The van der Waals surface area contributed by atoms with Gasteiger partial charge >= 0.3 is 0 Å². The van der Waals surface area contributed by atoms with Crippen LogP contribution in [0.4, 0.5) is 0 Å². The lowest BCUT2D eigenvalue weighted by Gasteiger charge is -2.21. The van der Waals surface area contributed by atoms with Crippen LogP contribution in [0.2, 0.25) is 0 Å². The second kappa shape index (κ2) is 7.39. The van der Waals surface area contributed by atoms with E-state index in [0.29, 0.717) is 6.54 Å². The number of nitrogens with zero attached hydrogens (tertiary/aromatic N) is 1. The summed E-state index contributed by atoms with van der Waals surface area (Å²) in [4.78, 5) is 2.19. The molecule has 112 valence electrons. The standard InChI is InChI=1S/C19H25NO/c1-15-11-16(2)13-18(12-15)19(21)14-20(3)10-9-17-7-5-4-6-8-17/h4-8,11-13,19,21H,9-10,14H2,1-3H3. The van der Waals surface area contributed by atoms with Gasteiger partial charge in [0.25, 0.3) is 0 Å². The van der Waals surface area contributed by atoms with E-state index in [1.807, 2.05) is 6.07 Å². The second-order valence-corrected chi connectivity index (χ2v) is 5.93. The van der Waals surface area contributed by atoms with Gasteiger partial charge in [0.2, 0.25) is 0 Å². The minimum Gasteiger partial charge on any atom is -0.387 e. The molecule has 0 aliphatic heterocycles. The fourth-order valence-corrected chi connectivity index (χ4v) is 2.66. The molecule has 0 saturated heterocycles. The fraction of sp³-hybridized carbons (Fsp3) is 0.368. The Balaban J connectivity index is 1.88. The van der Waals surface area contributed by atoms with Crippen molar-refractivity contribution in [1.29, 1.82) is 0 Å². The maximum absolute atomic E-state index is 10.4. The Hall–Kier alpha value is -1.64. The summed E-state index contributed by atoms with van der Waals surface area (Å²) < 4.78 is 0. The number of aryl methyl sites for hydroxylation is 2. The van der Waals surface area contributed by atoms with Crippen molar-refractivity contribution >= 4 is 0 Å². The van der Waals surface area contributed by atoms with E-state index in [0.717, 1.165) is 18.5 Å². The molecule has 2 nitrogen and oxygen atoms in total. The number of aliphatic hydroxyl groups is 1. The molecule has 0 spiro atoms. The molecule has 0 saturated carbocycles. The Morgan fingerprint density at radius 1 is 1.00 bits per heavy atom. The first-order valence-electron chi connectivity index (χ1n) is 7.53. The second-order valence-electron chi connectivity index (χ2n) is 5.93. The molecule has 2 heteroatoms. The van der Waals surface area contributed by atoms with Crippen LogP contribution in [0.1, 0.15) is 28.4 Å². The van der Waals surface area contributed by atoms with Crippen molar-refractivity contribution in [2.75, 3.05) is 20.1 Å². The van der Waals surface area contributed by atoms with Gasteiger partial charge in [-0.15, -0.1) is 0 Å². The van der Waals surface area contributed by atoms with Crippen molar-refractivity contribution in [2.24, 2.45) is 0 Å². The molecule has 2 aromatic rings. The SMILES string of the molecule is Cc1cc(C)cc(C(O)CN(C)CCc2ccccc2)c1. The molecule has 21 heavy (non-hydrogen) atoms. The first-order valence-corrected chi connectivity index (χ1v) is 7.53. The van der Waals surface area contributed by atoms with Gasteiger partial charge in [0.1, 0.15) is 0 Å². The minimum atomic E-state index is -0.427. The molecule has 0 amide bonds. The normalized spacial score (nSPS) is 12.6. The number of aliphatic hydroxyl groups excluding tert-OH is 1. The quantitative estimate of drug-likeness (QED) is 0.877. The van der Waals surface area contributed by atoms with Crippen molar-refractivity contribution < 1.29 is 5.11 Å². The first-order chi connectivity index (χ1) is 10.0. The van der Waals surface area contributed by atoms with Gasteiger partial charge in [0.15, 0.2) is 0 Å². The highest BCUT2D eigenvalue weighted by Gasteiger charge is 2.11. The lowest BCUT2D eigenvalue weighted by Crippen LogP contribution is -2.26. The zero-order valence-electron chi connectivity index (χ0n) is 13.2. The lowest BCUT2D eigenvalue weighted by atomic mass is 10.0. The van der Waals surface area contributed by atoms with Gasteiger partial charge in [-0.3, -0.25) is 0 Å². The number of benzene rings is 2. The molecule has 1 unspecified atom stereocenters. The van der Waals surface area contributed by atoms with Crippen LogP contribution in [-0.2, 0) is 6.42 Å². The van der Waals surface area contributed by atoms with Crippen molar-refractivity contribution in [1.82, 2.24) is 4.90 Å². The number of likely N-dealkylation sites (N-methyl/N-ethyl adjacent to an activating group) is 1. The molecule has 2 rings (SSSR count). The third-order valence-electron chi connectivity index (χ3n) is 3.74. The smallest absolute Gasteiger partial charge is 0.0916 e. The monoisotopic (exact) mass is 283 g/mol. The van der Waals surface area contributed by atoms with Crippen LogP contribution < -0.4 is 0 Å². The zero-order valence-corrected chi connectivity index (χ0v) is 13.2. The maximum atomic E-state index is 10.4. The van der Waals surface area contributed by atoms with Gasteiger partial charge in [-0.2, -0.15) is 0 Å². The molecule has 0 aromatic heterocycles. The predicted molar refractivity (Wildman–Crippen MR) is 88.5 cm³/mol. The molecule has 2 aromatic carbocycles. The molecular weight excluding hydrogens is 258 g/mol. The Labute approximate surface area is 128 Å². The van der Waals surface area contributed by atoms with E-state index in [1.54, 1.807) is 0 Å². The summed E-state index contributed by atoms with van der Waals surface area (Å²) in [5.74, 6) is 0. The van der Waals surface area contributed by atoms with E-state index in [-0.39, 0.29) is 0 Å². The zero-order chi connectivity index (χ0) is 15.2. The third kappa shape index (κ3) is 5.00. The predicted octanol–water partition coefficient (Wildman–Crippen LogP) is 3.51. The van der Waals surface area contributed by atoms with E-state index in [4.69, 9.17) is 0 Å². The molecule has 1 N–H and O–H groups in total. The number of hydrogen-bond donors (Lipinski definition) is 1. The third-order valence-corrected chi connectivity index (χ3v) is 3.74. The lowest BCUT2D eigenvalue weighted by molar-refractivity contribution is 0.127. The van der Waals surface area contributed by atoms with Gasteiger partial charge in [-0.1, -0.05) is 59.7 Å². The summed E-state index contributed by atoms with van der Waals surface area (Å²) in [5.41, 5.74) is 4.76. The molecule has 0 radical (unpaired) electrons. The van der Waals surface area contributed by atoms with Crippen LogP contribution in [0.5, 0.6) is 0 Å². The van der Waals surface area contributed by atoms with Crippen molar-refractivity contribution in [3.63, 3.8) is 0 Å². The summed E-state index contributed by atoms with van der Waals surface area (Å²) in [6, 6.07) is 16.7. The fourth-order valence-electron chi connectivity index (χ4n) is 2.66. The van der Waals surface area contributed by atoms with Gasteiger partial charge < -0.3 is 10.0 Å². The van der Waals surface area contributed by atoms with Gasteiger partial charge in [0.05, 0.1) is 6.10 Å². The van der Waals surface area contributed by atoms with Crippen LogP contribution in [0.3, 0.4) is 0 Å². The van der Waals surface area contributed by atoms with Crippen LogP contribution in [0.15, 0.2) is 48.5 Å². The summed E-state index contributed by atoms with van der Waals surface area (Å²) in [5, 5.41) is 10.4. The van der Waals surface area contributed by atoms with Crippen molar-refractivity contribution in [3.05, 3.63) is 70.8 Å².